The summed E-state index contributed by atoms with van der Waals surface area (Å²) >= 11 is 5.93. The van der Waals surface area contributed by atoms with Crippen molar-refractivity contribution in [3.63, 3.8) is 0 Å². The van der Waals surface area contributed by atoms with Gasteiger partial charge < -0.3 is 20.1 Å². The van der Waals surface area contributed by atoms with Gasteiger partial charge in [-0.2, -0.15) is 0 Å². The highest BCUT2D eigenvalue weighted by Crippen LogP contribution is 2.36. The number of halogens is 1. The summed E-state index contributed by atoms with van der Waals surface area (Å²) in [4.78, 5) is 14.0. The van der Waals surface area contributed by atoms with E-state index >= 15 is 0 Å². The lowest BCUT2D eigenvalue weighted by atomic mass is 9.88. The smallest absolute Gasteiger partial charge is 0.242 e. The number of hydrogen-bond acceptors (Lipinski definition) is 4. The Bertz CT molecular complexity index is 748. The van der Waals surface area contributed by atoms with Gasteiger partial charge in [-0.25, -0.2) is 0 Å². The number of ether oxygens (including phenoxy) is 2. The number of benzene rings is 2. The quantitative estimate of drug-likeness (QED) is 0.845. The molecule has 3 rings (SSSR count). The first-order chi connectivity index (χ1) is 11.5. The SMILES string of the molecule is COc1ccc(CN2C(=O)[C@@H](N)[C@H]2c2ccc(Cl)cc2)cc1OC. The molecule has 2 aromatic carbocycles. The normalized spacial score (nSPS) is 19.8. The predicted octanol–water partition coefficient (Wildman–Crippen LogP) is 2.77. The number of likely N-dealkylation sites (tertiary alicyclic amines) is 1. The molecule has 2 aromatic rings. The number of methoxy groups -OCH3 is 2. The number of amides is 1. The van der Waals surface area contributed by atoms with E-state index in [-0.39, 0.29) is 11.9 Å². The Labute approximate surface area is 145 Å². The van der Waals surface area contributed by atoms with Gasteiger partial charge in [0, 0.05) is 11.6 Å². The van der Waals surface area contributed by atoms with E-state index in [0.29, 0.717) is 23.1 Å². The van der Waals surface area contributed by atoms with Crippen LogP contribution in [0.1, 0.15) is 17.2 Å². The summed E-state index contributed by atoms with van der Waals surface area (Å²) in [6.45, 7) is 0.459. The Morgan fingerprint density at radius 1 is 1.08 bits per heavy atom. The average molecular weight is 347 g/mol. The largest absolute Gasteiger partial charge is 0.493 e. The van der Waals surface area contributed by atoms with Crippen LogP contribution in [0.5, 0.6) is 11.5 Å². The minimum absolute atomic E-state index is 0.0651. The molecule has 6 heteroatoms. The van der Waals surface area contributed by atoms with Crippen molar-refractivity contribution in [1.29, 1.82) is 0 Å². The van der Waals surface area contributed by atoms with E-state index in [9.17, 15) is 4.79 Å². The van der Waals surface area contributed by atoms with E-state index < -0.39 is 6.04 Å². The van der Waals surface area contributed by atoms with Crippen LogP contribution in [0.15, 0.2) is 42.5 Å². The van der Waals surface area contributed by atoms with Gasteiger partial charge >= 0.3 is 0 Å². The van der Waals surface area contributed by atoms with Crippen LogP contribution in [0.3, 0.4) is 0 Å². The second kappa shape index (κ2) is 6.71. The van der Waals surface area contributed by atoms with Crippen molar-refractivity contribution in [2.75, 3.05) is 14.2 Å². The molecule has 0 bridgehead atoms. The van der Waals surface area contributed by atoms with Gasteiger partial charge in [-0.3, -0.25) is 4.79 Å². The average Bonchev–Trinajstić information content (AvgIpc) is 2.62. The lowest BCUT2D eigenvalue weighted by molar-refractivity contribution is -0.150. The molecule has 0 aliphatic carbocycles. The fourth-order valence-corrected chi connectivity index (χ4v) is 3.10. The summed E-state index contributed by atoms with van der Waals surface area (Å²) in [6.07, 6.45) is 0. The minimum atomic E-state index is -0.522. The number of nitrogens with zero attached hydrogens (tertiary/aromatic N) is 1. The first-order valence-electron chi connectivity index (χ1n) is 7.57. The molecule has 24 heavy (non-hydrogen) atoms. The van der Waals surface area contributed by atoms with Crippen molar-refractivity contribution in [3.05, 3.63) is 58.6 Å². The van der Waals surface area contributed by atoms with Crippen LogP contribution in [0.25, 0.3) is 0 Å². The Balaban J connectivity index is 1.83. The van der Waals surface area contributed by atoms with Gasteiger partial charge in [-0.1, -0.05) is 29.8 Å². The van der Waals surface area contributed by atoms with Gasteiger partial charge in [0.1, 0.15) is 6.04 Å². The van der Waals surface area contributed by atoms with E-state index in [1.54, 1.807) is 31.3 Å². The highest BCUT2D eigenvalue weighted by Gasteiger charge is 2.45. The summed E-state index contributed by atoms with van der Waals surface area (Å²) in [7, 11) is 3.18. The number of carbonyl (C=O) groups is 1. The van der Waals surface area contributed by atoms with Gasteiger partial charge in [0.25, 0.3) is 0 Å². The molecule has 1 aliphatic rings. The zero-order valence-electron chi connectivity index (χ0n) is 13.5. The van der Waals surface area contributed by atoms with Crippen LogP contribution in [-0.2, 0) is 11.3 Å². The first-order valence-corrected chi connectivity index (χ1v) is 7.95. The lowest BCUT2D eigenvalue weighted by Crippen LogP contribution is -2.62. The second-order valence-corrected chi connectivity index (χ2v) is 6.11. The van der Waals surface area contributed by atoms with Gasteiger partial charge in [-0.05, 0) is 35.4 Å². The fraction of sp³-hybridized carbons (Fsp3) is 0.278. The molecule has 2 N–H and O–H groups in total. The molecule has 5 nitrogen and oxygen atoms in total. The van der Waals surface area contributed by atoms with Crippen LogP contribution >= 0.6 is 11.6 Å². The van der Waals surface area contributed by atoms with Gasteiger partial charge in [-0.15, -0.1) is 0 Å². The third-order valence-corrected chi connectivity index (χ3v) is 4.51. The third-order valence-electron chi connectivity index (χ3n) is 4.26. The maximum absolute atomic E-state index is 12.2. The molecule has 0 aromatic heterocycles. The molecule has 0 saturated carbocycles. The summed E-state index contributed by atoms with van der Waals surface area (Å²) in [5.74, 6) is 1.22. The minimum Gasteiger partial charge on any atom is -0.493 e. The predicted molar refractivity (Wildman–Crippen MR) is 92.3 cm³/mol. The molecule has 2 atom stereocenters. The summed E-state index contributed by atoms with van der Waals surface area (Å²) < 4.78 is 10.6. The van der Waals surface area contributed by atoms with Crippen molar-refractivity contribution >= 4 is 17.5 Å². The molecule has 1 fully saturated rings. The number of hydrogen-bond donors (Lipinski definition) is 1. The monoisotopic (exact) mass is 346 g/mol. The second-order valence-electron chi connectivity index (χ2n) is 5.68. The van der Waals surface area contributed by atoms with E-state index in [0.717, 1.165) is 11.1 Å². The van der Waals surface area contributed by atoms with E-state index in [2.05, 4.69) is 0 Å². The molecule has 1 amide bonds. The van der Waals surface area contributed by atoms with Crippen LogP contribution in [0.4, 0.5) is 0 Å². The molecule has 1 heterocycles. The molecular formula is C18H19ClN2O3. The molecular weight excluding hydrogens is 328 g/mol. The fourth-order valence-electron chi connectivity index (χ4n) is 2.97. The number of nitrogens with two attached hydrogens (primary N) is 1. The first kappa shape index (κ1) is 16.6. The van der Waals surface area contributed by atoms with Crippen LogP contribution in [0.2, 0.25) is 5.02 Å². The molecule has 1 aliphatic heterocycles. The maximum atomic E-state index is 12.2. The van der Waals surface area contributed by atoms with Crippen LogP contribution in [0, 0.1) is 0 Å². The Kier molecular flexibility index (Phi) is 4.64. The van der Waals surface area contributed by atoms with Crippen molar-refractivity contribution in [3.8, 4) is 11.5 Å². The Hall–Kier alpha value is -2.24. The number of β-lactam (4-membered cyclic amide) rings is 1. The Morgan fingerprint density at radius 2 is 1.75 bits per heavy atom. The highest BCUT2D eigenvalue weighted by atomic mass is 35.5. The maximum Gasteiger partial charge on any atom is 0.242 e. The van der Waals surface area contributed by atoms with Crippen molar-refractivity contribution in [1.82, 2.24) is 4.90 Å². The summed E-state index contributed by atoms with van der Waals surface area (Å²) in [5, 5.41) is 0.657. The Morgan fingerprint density at radius 3 is 2.38 bits per heavy atom. The molecule has 0 spiro atoms. The molecule has 1 saturated heterocycles. The third kappa shape index (κ3) is 2.92. The van der Waals surface area contributed by atoms with Gasteiger partial charge in [0.05, 0.1) is 20.3 Å². The number of rotatable bonds is 5. The van der Waals surface area contributed by atoms with Crippen molar-refractivity contribution < 1.29 is 14.3 Å². The van der Waals surface area contributed by atoms with E-state index in [4.69, 9.17) is 26.8 Å². The van der Waals surface area contributed by atoms with E-state index in [1.165, 1.54) is 0 Å². The summed E-state index contributed by atoms with van der Waals surface area (Å²) in [5.41, 5.74) is 7.94. The highest BCUT2D eigenvalue weighted by molar-refractivity contribution is 6.30. The summed E-state index contributed by atoms with van der Waals surface area (Å²) in [6, 6.07) is 12.4. The molecule has 0 radical (unpaired) electrons. The standard InChI is InChI=1S/C18H19ClN2O3/c1-23-14-8-3-11(9-15(14)24-2)10-21-17(16(20)18(21)22)12-4-6-13(19)7-5-12/h3-9,16-17H,10,20H2,1-2H3/t16-,17+/m0/s1. The molecule has 0 unspecified atom stereocenters. The zero-order chi connectivity index (χ0) is 17.3. The zero-order valence-corrected chi connectivity index (χ0v) is 14.3. The van der Waals surface area contributed by atoms with Crippen molar-refractivity contribution in [2.45, 2.75) is 18.6 Å². The number of carbonyl (C=O) groups excluding carboxylic acids is 1. The van der Waals surface area contributed by atoms with Gasteiger partial charge in [0.2, 0.25) is 5.91 Å². The lowest BCUT2D eigenvalue weighted by Gasteiger charge is -2.45. The molecule has 126 valence electrons. The topological polar surface area (TPSA) is 64.8 Å². The van der Waals surface area contributed by atoms with E-state index in [1.807, 2.05) is 30.3 Å². The van der Waals surface area contributed by atoms with Crippen molar-refractivity contribution in [2.24, 2.45) is 5.73 Å². The van der Waals surface area contributed by atoms with Crippen LogP contribution in [-0.4, -0.2) is 31.1 Å². The van der Waals surface area contributed by atoms with Gasteiger partial charge in [0.15, 0.2) is 11.5 Å². The van der Waals surface area contributed by atoms with Crippen LogP contribution < -0.4 is 15.2 Å².